The van der Waals surface area contributed by atoms with Crippen molar-refractivity contribution in [1.29, 1.82) is 0 Å². The number of rotatable bonds is 4. The van der Waals surface area contributed by atoms with Gasteiger partial charge in [0.05, 0.1) is 6.42 Å². The number of aromatic nitrogens is 3. The summed E-state index contributed by atoms with van der Waals surface area (Å²) in [4.78, 5) is 26.2. The monoisotopic (exact) mass is 475 g/mol. The van der Waals surface area contributed by atoms with Crippen LogP contribution in [0.15, 0.2) is 59.2 Å². The molecule has 0 saturated carbocycles. The molecule has 3 aromatic heterocycles. The minimum atomic E-state index is 0.0539. The minimum absolute atomic E-state index is 0.0539. The Kier molecular flexibility index (Phi) is 4.76. The number of fused-ring (bicyclic) bond motifs is 2. The van der Waals surface area contributed by atoms with Crippen LogP contribution in [0, 0.1) is 13.8 Å². The minimum Gasteiger partial charge on any atom is -0.354 e. The lowest BCUT2D eigenvalue weighted by Gasteiger charge is -2.07. The third kappa shape index (κ3) is 3.46. The molecule has 0 radical (unpaired) electrons. The van der Waals surface area contributed by atoms with Crippen LogP contribution in [0.4, 0.5) is 0 Å². The number of halogens is 1. The Morgan fingerprint density at radius 2 is 1.83 bits per heavy atom. The number of ketones is 1. The quantitative estimate of drug-likeness (QED) is 0.234. The second kappa shape index (κ2) is 7.45. The van der Waals surface area contributed by atoms with Crippen LogP contribution in [0.3, 0.4) is 0 Å². The normalized spacial score (nSPS) is 11.4. The van der Waals surface area contributed by atoms with E-state index in [1.165, 1.54) is 28.0 Å². The number of H-pyrrole nitrogens is 1. The van der Waals surface area contributed by atoms with E-state index in [-0.39, 0.29) is 12.2 Å². The Labute approximate surface area is 186 Å². The van der Waals surface area contributed by atoms with E-state index in [9.17, 15) is 4.79 Å². The molecule has 0 aliphatic carbocycles. The number of aryl methyl sites for hydroxylation is 2. The van der Waals surface area contributed by atoms with Gasteiger partial charge in [0.2, 0.25) is 0 Å². The summed E-state index contributed by atoms with van der Waals surface area (Å²) in [6, 6.07) is 18.1. The molecule has 6 heteroatoms. The van der Waals surface area contributed by atoms with Crippen LogP contribution in [0.5, 0.6) is 0 Å². The predicted molar refractivity (Wildman–Crippen MR) is 126 cm³/mol. The van der Waals surface area contributed by atoms with Crippen LogP contribution in [-0.4, -0.2) is 20.7 Å². The molecule has 0 aliphatic rings. The maximum Gasteiger partial charge on any atom is 0.169 e. The number of nitrogens with zero attached hydrogens (tertiary/aromatic N) is 2. The average Bonchev–Trinajstić information content (AvgIpc) is 3.30. The lowest BCUT2D eigenvalue weighted by molar-refractivity contribution is 0.0993. The number of benzene rings is 2. The van der Waals surface area contributed by atoms with Gasteiger partial charge in [-0.05, 0) is 65.2 Å². The molecule has 1 N–H and O–H groups in total. The van der Waals surface area contributed by atoms with Crippen molar-refractivity contribution in [1.82, 2.24) is 15.0 Å². The SMILES string of the molecule is Cc1cccc(C)c1-c1cc2ccc(C(=O)Cc3nc4ccc(Br)nc4s3)cc2[nH]1. The largest absolute Gasteiger partial charge is 0.354 e. The standard InChI is InChI=1S/C24H18BrN3OS/c1-13-4-3-5-14(2)23(13)19-10-15-6-7-16(11-18(15)26-19)20(29)12-22-27-17-8-9-21(25)28-24(17)30-22/h3-11,26H,12H2,1-2H3. The summed E-state index contributed by atoms with van der Waals surface area (Å²) in [6.07, 6.45) is 0.272. The second-order valence-electron chi connectivity index (χ2n) is 7.42. The first-order valence-corrected chi connectivity index (χ1v) is 11.2. The van der Waals surface area contributed by atoms with Crippen molar-refractivity contribution in [3.8, 4) is 11.3 Å². The Morgan fingerprint density at radius 3 is 2.63 bits per heavy atom. The van der Waals surface area contributed by atoms with Crippen molar-refractivity contribution in [3.63, 3.8) is 0 Å². The fraction of sp³-hybridized carbons (Fsp3) is 0.125. The predicted octanol–water partition coefficient (Wildman–Crippen LogP) is 6.64. The van der Waals surface area contributed by atoms with Gasteiger partial charge < -0.3 is 4.98 Å². The topological polar surface area (TPSA) is 58.6 Å². The number of carbonyl (C=O) groups is 1. The van der Waals surface area contributed by atoms with E-state index in [1.807, 2.05) is 30.3 Å². The van der Waals surface area contributed by atoms with Gasteiger partial charge in [-0.2, -0.15) is 0 Å². The van der Waals surface area contributed by atoms with E-state index in [2.05, 4.69) is 69.0 Å². The zero-order valence-electron chi connectivity index (χ0n) is 16.5. The highest BCUT2D eigenvalue weighted by atomic mass is 79.9. The Hall–Kier alpha value is -2.83. The molecule has 0 atom stereocenters. The van der Waals surface area contributed by atoms with Gasteiger partial charge in [-0.3, -0.25) is 4.79 Å². The molecular formula is C24H18BrN3OS. The average molecular weight is 476 g/mol. The number of hydrogen-bond donors (Lipinski definition) is 1. The molecule has 0 bridgehead atoms. The summed E-state index contributed by atoms with van der Waals surface area (Å²) < 4.78 is 0.772. The molecule has 30 heavy (non-hydrogen) atoms. The van der Waals surface area contributed by atoms with Crippen LogP contribution >= 0.6 is 27.3 Å². The van der Waals surface area contributed by atoms with Gasteiger partial charge in [-0.1, -0.05) is 41.7 Å². The molecule has 4 nitrogen and oxygen atoms in total. The lowest BCUT2D eigenvalue weighted by atomic mass is 10.00. The van der Waals surface area contributed by atoms with Crippen molar-refractivity contribution in [2.24, 2.45) is 0 Å². The number of nitrogens with one attached hydrogen (secondary N) is 1. The van der Waals surface area contributed by atoms with E-state index >= 15 is 0 Å². The summed E-state index contributed by atoms with van der Waals surface area (Å²) in [5.74, 6) is 0.0539. The Balaban J connectivity index is 1.46. The molecule has 5 rings (SSSR count). The molecule has 3 heterocycles. The van der Waals surface area contributed by atoms with Gasteiger partial charge in [-0.15, -0.1) is 0 Å². The van der Waals surface area contributed by atoms with Crippen LogP contribution in [0.1, 0.15) is 26.5 Å². The molecule has 0 unspecified atom stereocenters. The first kappa shape index (κ1) is 19.2. The maximum absolute atomic E-state index is 12.9. The molecule has 0 fully saturated rings. The van der Waals surface area contributed by atoms with Gasteiger partial charge in [-0.25, -0.2) is 9.97 Å². The van der Waals surface area contributed by atoms with Gasteiger partial charge >= 0.3 is 0 Å². The van der Waals surface area contributed by atoms with Crippen molar-refractivity contribution in [2.45, 2.75) is 20.3 Å². The highest BCUT2D eigenvalue weighted by molar-refractivity contribution is 9.10. The third-order valence-electron chi connectivity index (χ3n) is 5.27. The van der Waals surface area contributed by atoms with Crippen LogP contribution < -0.4 is 0 Å². The first-order valence-electron chi connectivity index (χ1n) is 9.62. The second-order valence-corrected chi connectivity index (χ2v) is 9.29. The van der Waals surface area contributed by atoms with E-state index in [0.717, 1.165) is 36.6 Å². The Bertz CT molecular complexity index is 1410. The Morgan fingerprint density at radius 1 is 1.03 bits per heavy atom. The highest BCUT2D eigenvalue weighted by Crippen LogP contribution is 2.30. The van der Waals surface area contributed by atoms with Gasteiger partial charge in [0.1, 0.15) is 20.0 Å². The zero-order valence-corrected chi connectivity index (χ0v) is 18.9. The van der Waals surface area contributed by atoms with E-state index in [4.69, 9.17) is 0 Å². The summed E-state index contributed by atoms with van der Waals surface area (Å²) in [5.41, 5.74) is 7.23. The van der Waals surface area contributed by atoms with E-state index < -0.39 is 0 Å². The van der Waals surface area contributed by atoms with Crippen molar-refractivity contribution < 1.29 is 4.79 Å². The van der Waals surface area contributed by atoms with E-state index in [1.54, 1.807) is 0 Å². The highest BCUT2D eigenvalue weighted by Gasteiger charge is 2.14. The van der Waals surface area contributed by atoms with Crippen LogP contribution in [0.2, 0.25) is 0 Å². The number of thiazole rings is 1. The van der Waals surface area contributed by atoms with E-state index in [0.29, 0.717) is 5.56 Å². The number of Topliss-reactive ketones (excluding diaryl/α,β-unsaturated/α-hetero) is 1. The number of aromatic amines is 1. The van der Waals surface area contributed by atoms with Crippen molar-refractivity contribution >= 4 is 54.3 Å². The molecule has 0 saturated heterocycles. The number of carbonyl (C=O) groups excluding carboxylic acids is 1. The van der Waals surface area contributed by atoms with Gasteiger partial charge in [0.25, 0.3) is 0 Å². The molecule has 2 aromatic carbocycles. The van der Waals surface area contributed by atoms with Gasteiger partial charge in [0, 0.05) is 27.7 Å². The molecule has 0 amide bonds. The summed E-state index contributed by atoms with van der Waals surface area (Å²) >= 11 is 4.84. The maximum atomic E-state index is 12.9. The zero-order chi connectivity index (χ0) is 20.8. The van der Waals surface area contributed by atoms with Crippen molar-refractivity contribution in [2.75, 3.05) is 0 Å². The van der Waals surface area contributed by atoms with Crippen molar-refractivity contribution in [3.05, 3.63) is 80.9 Å². The molecule has 148 valence electrons. The summed E-state index contributed by atoms with van der Waals surface area (Å²) in [5, 5.41) is 1.88. The molecule has 0 aliphatic heterocycles. The fourth-order valence-electron chi connectivity index (χ4n) is 3.83. The molecule has 5 aromatic rings. The van der Waals surface area contributed by atoms with Gasteiger partial charge in [0.15, 0.2) is 5.78 Å². The fourth-order valence-corrected chi connectivity index (χ4v) is 5.19. The number of pyridine rings is 1. The third-order valence-corrected chi connectivity index (χ3v) is 6.68. The van der Waals surface area contributed by atoms with Crippen LogP contribution in [-0.2, 0) is 6.42 Å². The smallest absolute Gasteiger partial charge is 0.169 e. The molecular weight excluding hydrogens is 458 g/mol. The van der Waals surface area contributed by atoms with Crippen LogP contribution in [0.25, 0.3) is 32.5 Å². The first-order chi connectivity index (χ1) is 14.5. The number of hydrogen-bond acceptors (Lipinski definition) is 4. The lowest BCUT2D eigenvalue weighted by Crippen LogP contribution is -2.02. The summed E-state index contributed by atoms with van der Waals surface area (Å²) in [7, 11) is 0. The molecule has 0 spiro atoms. The summed E-state index contributed by atoms with van der Waals surface area (Å²) in [6.45, 7) is 4.24.